The molecule has 9 heteroatoms. The van der Waals surface area contributed by atoms with Gasteiger partial charge in [0.2, 0.25) is 5.91 Å². The summed E-state index contributed by atoms with van der Waals surface area (Å²) in [6.07, 6.45) is -0.455. The molecule has 25 heavy (non-hydrogen) atoms. The fraction of sp³-hybridized carbons (Fsp3) is 0.188. The van der Waals surface area contributed by atoms with Crippen LogP contribution in [0.5, 0.6) is 5.75 Å². The summed E-state index contributed by atoms with van der Waals surface area (Å²) in [5, 5.41) is -0.136. The zero-order valence-electron chi connectivity index (χ0n) is 13.1. The van der Waals surface area contributed by atoms with Crippen LogP contribution < -0.4 is 9.46 Å². The highest BCUT2D eigenvalue weighted by molar-refractivity contribution is 9.10. The normalized spacial score (nSPS) is 11.2. The largest absolute Gasteiger partial charge is 0.493 e. The van der Waals surface area contributed by atoms with E-state index in [9.17, 15) is 17.6 Å². The van der Waals surface area contributed by atoms with Crippen molar-refractivity contribution in [1.29, 1.82) is 0 Å². The Morgan fingerprint density at radius 3 is 2.68 bits per heavy atom. The van der Waals surface area contributed by atoms with Gasteiger partial charge in [0.15, 0.2) is 0 Å². The average molecular weight is 451 g/mol. The van der Waals surface area contributed by atoms with Crippen LogP contribution in [0.15, 0.2) is 45.8 Å². The van der Waals surface area contributed by atoms with E-state index < -0.39 is 28.2 Å². The molecule has 0 bridgehead atoms. The maximum absolute atomic E-state index is 13.8. The van der Waals surface area contributed by atoms with Crippen LogP contribution in [0, 0.1) is 5.82 Å². The van der Waals surface area contributed by atoms with Gasteiger partial charge in [0.05, 0.1) is 27.4 Å². The third-order valence-corrected chi connectivity index (χ3v) is 5.43. The Morgan fingerprint density at radius 2 is 2.04 bits per heavy atom. The standard InChI is InChI=1S/C16H14BrClFNO4S/c1-2-24-14-7-6-11(9-12(14)17)25(22,23)20-15(21)8-10-4-3-5-13(18)16(10)19/h3-7,9H,2,8H2,1H3,(H,20,21). The lowest BCUT2D eigenvalue weighted by Gasteiger charge is -2.10. The van der Waals surface area contributed by atoms with Crippen LogP contribution >= 0.6 is 27.5 Å². The topological polar surface area (TPSA) is 72.5 Å². The summed E-state index contributed by atoms with van der Waals surface area (Å²) in [6, 6.07) is 8.29. The second kappa shape index (κ2) is 8.16. The SMILES string of the molecule is CCOc1ccc(S(=O)(=O)NC(=O)Cc2cccc(Cl)c2F)cc1Br. The van der Waals surface area contributed by atoms with Gasteiger partial charge in [-0.25, -0.2) is 17.5 Å². The Hall–Kier alpha value is -1.64. The highest BCUT2D eigenvalue weighted by atomic mass is 79.9. The van der Waals surface area contributed by atoms with Gasteiger partial charge in [-0.3, -0.25) is 4.79 Å². The number of benzene rings is 2. The second-order valence-corrected chi connectivity index (χ2v) is 7.89. The number of sulfonamides is 1. The minimum atomic E-state index is -4.10. The first-order valence-electron chi connectivity index (χ1n) is 7.15. The maximum atomic E-state index is 13.8. The summed E-state index contributed by atoms with van der Waals surface area (Å²) in [4.78, 5) is 11.9. The molecule has 0 atom stereocenters. The van der Waals surface area contributed by atoms with E-state index in [-0.39, 0.29) is 15.5 Å². The molecule has 2 rings (SSSR count). The van der Waals surface area contributed by atoms with Gasteiger partial charge in [-0.1, -0.05) is 23.7 Å². The van der Waals surface area contributed by atoms with Crippen molar-refractivity contribution in [1.82, 2.24) is 4.72 Å². The summed E-state index contributed by atoms with van der Waals surface area (Å²) >= 11 is 8.85. The van der Waals surface area contributed by atoms with E-state index in [4.69, 9.17) is 16.3 Å². The number of carbonyl (C=O) groups excluding carboxylic acids is 1. The predicted octanol–water partition coefficient (Wildman–Crippen LogP) is 3.69. The van der Waals surface area contributed by atoms with Crippen LogP contribution in [0.1, 0.15) is 12.5 Å². The fourth-order valence-corrected chi connectivity index (χ4v) is 3.87. The molecule has 134 valence electrons. The molecular formula is C16H14BrClFNO4S. The molecule has 0 saturated carbocycles. The van der Waals surface area contributed by atoms with Gasteiger partial charge in [0.1, 0.15) is 11.6 Å². The van der Waals surface area contributed by atoms with Gasteiger partial charge in [0, 0.05) is 0 Å². The van der Waals surface area contributed by atoms with Gasteiger partial charge >= 0.3 is 0 Å². The highest BCUT2D eigenvalue weighted by Gasteiger charge is 2.20. The molecule has 0 fully saturated rings. The van der Waals surface area contributed by atoms with E-state index in [2.05, 4.69) is 15.9 Å². The number of halogens is 3. The third kappa shape index (κ3) is 4.93. The van der Waals surface area contributed by atoms with Crippen molar-refractivity contribution in [2.75, 3.05) is 6.61 Å². The lowest BCUT2D eigenvalue weighted by atomic mass is 10.1. The van der Waals surface area contributed by atoms with Crippen molar-refractivity contribution in [3.63, 3.8) is 0 Å². The first-order chi connectivity index (χ1) is 11.7. The Balaban J connectivity index is 2.16. The lowest BCUT2D eigenvalue weighted by molar-refractivity contribution is -0.118. The minimum absolute atomic E-state index is 0.00748. The predicted molar refractivity (Wildman–Crippen MR) is 95.8 cm³/mol. The third-order valence-electron chi connectivity index (χ3n) is 3.14. The molecule has 0 aliphatic carbocycles. The Labute approximate surface area is 158 Å². The molecule has 0 aliphatic rings. The molecule has 1 N–H and O–H groups in total. The number of hydrogen-bond donors (Lipinski definition) is 1. The van der Waals surface area contributed by atoms with E-state index in [1.54, 1.807) is 6.92 Å². The highest BCUT2D eigenvalue weighted by Crippen LogP contribution is 2.27. The van der Waals surface area contributed by atoms with E-state index in [0.29, 0.717) is 16.8 Å². The number of ether oxygens (including phenoxy) is 1. The summed E-state index contributed by atoms with van der Waals surface area (Å²) in [6.45, 7) is 2.22. The molecule has 0 aromatic heterocycles. The Bertz CT molecular complexity index is 905. The van der Waals surface area contributed by atoms with E-state index >= 15 is 0 Å². The van der Waals surface area contributed by atoms with Crippen molar-refractivity contribution < 1.29 is 22.3 Å². The maximum Gasteiger partial charge on any atom is 0.264 e. The number of amides is 1. The van der Waals surface area contributed by atoms with Gasteiger partial charge in [-0.2, -0.15) is 0 Å². The Morgan fingerprint density at radius 1 is 1.32 bits per heavy atom. The molecule has 0 unspecified atom stereocenters. The van der Waals surface area contributed by atoms with Crippen molar-refractivity contribution >= 4 is 43.5 Å². The van der Waals surface area contributed by atoms with Crippen molar-refractivity contribution in [2.45, 2.75) is 18.2 Å². The molecule has 1 amide bonds. The minimum Gasteiger partial charge on any atom is -0.493 e. The van der Waals surface area contributed by atoms with Crippen LogP contribution in [-0.4, -0.2) is 20.9 Å². The quantitative estimate of drug-likeness (QED) is 0.728. The fourth-order valence-electron chi connectivity index (χ4n) is 2.02. The zero-order valence-corrected chi connectivity index (χ0v) is 16.2. The molecule has 0 aliphatic heterocycles. The summed E-state index contributed by atoms with van der Waals surface area (Å²) in [5.41, 5.74) is 0.00748. The van der Waals surface area contributed by atoms with E-state index in [1.165, 1.54) is 36.4 Å². The number of nitrogens with one attached hydrogen (secondary N) is 1. The van der Waals surface area contributed by atoms with Crippen molar-refractivity contribution in [2.24, 2.45) is 0 Å². The summed E-state index contributed by atoms with van der Waals surface area (Å²) in [5.74, 6) is -1.14. The molecule has 2 aromatic carbocycles. The zero-order chi connectivity index (χ0) is 18.6. The van der Waals surface area contributed by atoms with E-state index in [1.807, 2.05) is 4.72 Å². The number of carbonyl (C=O) groups is 1. The van der Waals surface area contributed by atoms with Gasteiger partial charge < -0.3 is 4.74 Å². The second-order valence-electron chi connectivity index (χ2n) is 4.94. The van der Waals surface area contributed by atoms with Crippen molar-refractivity contribution in [3.05, 3.63) is 57.3 Å². The van der Waals surface area contributed by atoms with Crippen LogP contribution in [-0.2, 0) is 21.2 Å². The molecule has 0 radical (unpaired) electrons. The number of hydrogen-bond acceptors (Lipinski definition) is 4. The first kappa shape index (κ1) is 19.7. The lowest BCUT2D eigenvalue weighted by Crippen LogP contribution is -2.32. The van der Waals surface area contributed by atoms with Crippen molar-refractivity contribution in [3.8, 4) is 5.75 Å². The first-order valence-corrected chi connectivity index (χ1v) is 9.81. The Kier molecular flexibility index (Phi) is 6.42. The molecule has 0 spiro atoms. The molecule has 0 saturated heterocycles. The average Bonchev–Trinajstić information content (AvgIpc) is 2.53. The molecule has 0 heterocycles. The van der Waals surface area contributed by atoms with Crippen LogP contribution in [0.3, 0.4) is 0 Å². The monoisotopic (exact) mass is 449 g/mol. The summed E-state index contributed by atoms with van der Waals surface area (Å²) < 4.78 is 46.0. The van der Waals surface area contributed by atoms with Gasteiger partial charge in [-0.05, 0) is 52.7 Å². The molecule has 5 nitrogen and oxygen atoms in total. The molecular weight excluding hydrogens is 437 g/mol. The summed E-state index contributed by atoms with van der Waals surface area (Å²) in [7, 11) is -4.10. The number of rotatable bonds is 6. The van der Waals surface area contributed by atoms with E-state index in [0.717, 1.165) is 0 Å². The van der Waals surface area contributed by atoms with Gasteiger partial charge in [-0.15, -0.1) is 0 Å². The van der Waals surface area contributed by atoms with Crippen LogP contribution in [0.2, 0.25) is 5.02 Å². The molecule has 2 aromatic rings. The van der Waals surface area contributed by atoms with Gasteiger partial charge in [0.25, 0.3) is 10.0 Å². The van der Waals surface area contributed by atoms with Crippen LogP contribution in [0.25, 0.3) is 0 Å². The smallest absolute Gasteiger partial charge is 0.264 e. The van der Waals surface area contributed by atoms with Crippen LogP contribution in [0.4, 0.5) is 4.39 Å².